The number of hydrogen-bond acceptors (Lipinski definition) is 3. The molecule has 1 amide bonds. The summed E-state index contributed by atoms with van der Waals surface area (Å²) in [5, 5.41) is 11.6. The van der Waals surface area contributed by atoms with Crippen molar-refractivity contribution in [1.82, 2.24) is 5.32 Å². The van der Waals surface area contributed by atoms with Crippen molar-refractivity contribution in [1.29, 1.82) is 0 Å². The van der Waals surface area contributed by atoms with Crippen molar-refractivity contribution >= 4 is 11.6 Å². The van der Waals surface area contributed by atoms with E-state index in [2.05, 4.69) is 5.32 Å². The molecule has 1 unspecified atom stereocenters. The Kier molecular flexibility index (Phi) is 4.97. The molecule has 0 spiro atoms. The van der Waals surface area contributed by atoms with Crippen LogP contribution in [0, 0.1) is 6.92 Å². The number of amides is 1. The molecule has 1 aromatic carbocycles. The molecule has 0 aliphatic rings. The lowest BCUT2D eigenvalue weighted by Crippen LogP contribution is -2.33. The van der Waals surface area contributed by atoms with Gasteiger partial charge < -0.3 is 16.2 Å². The number of aliphatic hydroxyl groups is 1. The lowest BCUT2D eigenvalue weighted by atomic mass is 10.1. The molecule has 0 aromatic heterocycles. The minimum absolute atomic E-state index is 0.0514. The number of nitrogens with one attached hydrogen (secondary N) is 1. The maximum absolute atomic E-state index is 12.0. The largest absolute Gasteiger partial charge is 0.399 e. The van der Waals surface area contributed by atoms with E-state index in [4.69, 9.17) is 10.8 Å². The Labute approximate surface area is 102 Å². The molecule has 0 heterocycles. The monoisotopic (exact) mass is 236 g/mol. The summed E-state index contributed by atoms with van der Waals surface area (Å²) < 4.78 is 0. The van der Waals surface area contributed by atoms with Crippen molar-refractivity contribution in [3.8, 4) is 0 Å². The lowest BCUT2D eigenvalue weighted by Gasteiger charge is -2.14. The average molecular weight is 236 g/mol. The molecule has 0 aliphatic carbocycles. The van der Waals surface area contributed by atoms with Crippen molar-refractivity contribution in [2.24, 2.45) is 0 Å². The standard InChI is InChI=1S/C13H20N2O2/c1-9-5-6-11(14)8-12(9)13(17)15-10(2)4-3-7-16/h5-6,8,10,16H,3-4,7,14H2,1-2H3,(H,15,17). The topological polar surface area (TPSA) is 75.4 Å². The second-order valence-corrected chi connectivity index (χ2v) is 4.31. The van der Waals surface area contributed by atoms with Gasteiger partial charge in [0.2, 0.25) is 0 Å². The van der Waals surface area contributed by atoms with Crippen LogP contribution in [0.5, 0.6) is 0 Å². The zero-order valence-electron chi connectivity index (χ0n) is 10.4. The van der Waals surface area contributed by atoms with Gasteiger partial charge in [0.1, 0.15) is 0 Å². The zero-order valence-corrected chi connectivity index (χ0v) is 10.4. The van der Waals surface area contributed by atoms with Gasteiger partial charge in [-0.25, -0.2) is 0 Å². The lowest BCUT2D eigenvalue weighted by molar-refractivity contribution is 0.0936. The van der Waals surface area contributed by atoms with Crippen LogP contribution in [0.2, 0.25) is 0 Å². The molecule has 4 heteroatoms. The SMILES string of the molecule is Cc1ccc(N)cc1C(=O)NC(C)CCCO. The van der Waals surface area contributed by atoms with Crippen LogP contribution in [-0.4, -0.2) is 23.7 Å². The van der Waals surface area contributed by atoms with E-state index in [9.17, 15) is 4.79 Å². The summed E-state index contributed by atoms with van der Waals surface area (Å²) >= 11 is 0. The number of carbonyl (C=O) groups is 1. The van der Waals surface area contributed by atoms with Gasteiger partial charge in [0, 0.05) is 23.9 Å². The van der Waals surface area contributed by atoms with E-state index >= 15 is 0 Å². The Morgan fingerprint density at radius 1 is 1.53 bits per heavy atom. The fourth-order valence-corrected chi connectivity index (χ4v) is 1.66. The number of aliphatic hydroxyl groups excluding tert-OH is 1. The Morgan fingerprint density at radius 3 is 2.88 bits per heavy atom. The van der Waals surface area contributed by atoms with Gasteiger partial charge in [-0.2, -0.15) is 0 Å². The predicted molar refractivity (Wildman–Crippen MR) is 68.8 cm³/mol. The molecule has 0 aliphatic heterocycles. The van der Waals surface area contributed by atoms with Crippen LogP contribution in [0.1, 0.15) is 35.7 Å². The van der Waals surface area contributed by atoms with Gasteiger partial charge in [-0.3, -0.25) is 4.79 Å². The highest BCUT2D eigenvalue weighted by Crippen LogP contribution is 2.13. The summed E-state index contributed by atoms with van der Waals surface area (Å²) in [6, 6.07) is 5.35. The molecule has 1 rings (SSSR count). The minimum atomic E-state index is -0.111. The van der Waals surface area contributed by atoms with Crippen LogP contribution >= 0.6 is 0 Å². The van der Waals surface area contributed by atoms with Crippen LogP contribution in [-0.2, 0) is 0 Å². The highest BCUT2D eigenvalue weighted by molar-refractivity contribution is 5.96. The van der Waals surface area contributed by atoms with Gasteiger partial charge in [-0.15, -0.1) is 0 Å². The number of anilines is 1. The Hall–Kier alpha value is -1.55. The maximum Gasteiger partial charge on any atom is 0.251 e. The number of hydrogen-bond donors (Lipinski definition) is 3. The first-order valence-electron chi connectivity index (χ1n) is 5.82. The van der Waals surface area contributed by atoms with Crippen LogP contribution in [0.4, 0.5) is 5.69 Å². The molecule has 0 saturated heterocycles. The summed E-state index contributed by atoms with van der Waals surface area (Å²) in [5.74, 6) is -0.111. The van der Waals surface area contributed by atoms with Crippen LogP contribution in [0.3, 0.4) is 0 Å². The summed E-state index contributed by atoms with van der Waals surface area (Å²) in [6.45, 7) is 3.96. The quantitative estimate of drug-likeness (QED) is 0.678. The van der Waals surface area contributed by atoms with E-state index < -0.39 is 0 Å². The van der Waals surface area contributed by atoms with Gasteiger partial charge in [-0.1, -0.05) is 6.07 Å². The predicted octanol–water partition coefficient (Wildman–Crippen LogP) is 1.47. The average Bonchev–Trinajstić information content (AvgIpc) is 2.29. The van der Waals surface area contributed by atoms with E-state index in [1.54, 1.807) is 12.1 Å². The number of aryl methyl sites for hydroxylation is 1. The maximum atomic E-state index is 12.0. The third kappa shape index (κ3) is 4.07. The van der Waals surface area contributed by atoms with E-state index in [0.717, 1.165) is 12.0 Å². The minimum Gasteiger partial charge on any atom is -0.399 e. The van der Waals surface area contributed by atoms with Crippen molar-refractivity contribution in [3.63, 3.8) is 0 Å². The first kappa shape index (κ1) is 13.5. The second-order valence-electron chi connectivity index (χ2n) is 4.31. The van der Waals surface area contributed by atoms with Crippen molar-refractivity contribution in [2.75, 3.05) is 12.3 Å². The van der Waals surface area contributed by atoms with Crippen LogP contribution < -0.4 is 11.1 Å². The Balaban J connectivity index is 2.66. The zero-order chi connectivity index (χ0) is 12.8. The van der Waals surface area contributed by atoms with Gasteiger partial charge in [0.05, 0.1) is 0 Å². The summed E-state index contributed by atoms with van der Waals surface area (Å²) in [5.41, 5.74) is 7.77. The molecule has 17 heavy (non-hydrogen) atoms. The van der Waals surface area contributed by atoms with Gasteiger partial charge >= 0.3 is 0 Å². The van der Waals surface area contributed by atoms with Gasteiger partial charge in [-0.05, 0) is 44.4 Å². The van der Waals surface area contributed by atoms with E-state index in [1.807, 2.05) is 19.9 Å². The molecular formula is C13H20N2O2. The first-order valence-corrected chi connectivity index (χ1v) is 5.82. The highest BCUT2D eigenvalue weighted by atomic mass is 16.2. The number of nitrogen functional groups attached to an aromatic ring is 1. The fourth-order valence-electron chi connectivity index (χ4n) is 1.66. The van der Waals surface area contributed by atoms with E-state index in [1.165, 1.54) is 0 Å². The van der Waals surface area contributed by atoms with E-state index in [-0.39, 0.29) is 18.6 Å². The third-order valence-electron chi connectivity index (χ3n) is 2.68. The van der Waals surface area contributed by atoms with Crippen LogP contribution in [0.15, 0.2) is 18.2 Å². The molecule has 0 fully saturated rings. The smallest absolute Gasteiger partial charge is 0.251 e. The number of carbonyl (C=O) groups excluding carboxylic acids is 1. The molecule has 1 atom stereocenters. The number of benzene rings is 1. The summed E-state index contributed by atoms with van der Waals surface area (Å²) in [6.07, 6.45) is 1.46. The highest BCUT2D eigenvalue weighted by Gasteiger charge is 2.12. The Morgan fingerprint density at radius 2 is 2.24 bits per heavy atom. The number of rotatable bonds is 5. The molecule has 4 N–H and O–H groups in total. The first-order chi connectivity index (χ1) is 8.04. The molecule has 0 bridgehead atoms. The third-order valence-corrected chi connectivity index (χ3v) is 2.68. The van der Waals surface area contributed by atoms with Crippen LogP contribution in [0.25, 0.3) is 0 Å². The molecule has 1 aromatic rings. The molecule has 0 radical (unpaired) electrons. The van der Waals surface area contributed by atoms with Crippen molar-refractivity contribution < 1.29 is 9.90 Å². The van der Waals surface area contributed by atoms with Gasteiger partial charge in [0.15, 0.2) is 0 Å². The van der Waals surface area contributed by atoms with Crippen molar-refractivity contribution in [3.05, 3.63) is 29.3 Å². The molecule has 94 valence electrons. The molecular weight excluding hydrogens is 216 g/mol. The summed E-state index contributed by atoms with van der Waals surface area (Å²) in [7, 11) is 0. The number of nitrogens with two attached hydrogens (primary N) is 1. The molecule has 4 nitrogen and oxygen atoms in total. The molecule has 0 saturated carbocycles. The second kappa shape index (κ2) is 6.25. The Bertz CT molecular complexity index is 391. The van der Waals surface area contributed by atoms with E-state index in [0.29, 0.717) is 17.7 Å². The normalized spacial score (nSPS) is 12.2. The summed E-state index contributed by atoms with van der Waals surface area (Å²) in [4.78, 5) is 12.0. The van der Waals surface area contributed by atoms with Gasteiger partial charge in [0.25, 0.3) is 5.91 Å². The van der Waals surface area contributed by atoms with Crippen molar-refractivity contribution in [2.45, 2.75) is 32.7 Å². The fraction of sp³-hybridized carbons (Fsp3) is 0.462.